The topological polar surface area (TPSA) is 46.9 Å². The second-order valence-electron chi connectivity index (χ2n) is 7.19. The van der Waals surface area contributed by atoms with Crippen molar-refractivity contribution in [2.24, 2.45) is 0 Å². The van der Waals surface area contributed by atoms with E-state index >= 15 is 0 Å². The maximum absolute atomic E-state index is 12.7. The third kappa shape index (κ3) is 3.28. The molecule has 1 amide bonds. The number of hydrogen-bond acceptors (Lipinski definition) is 2. The molecule has 0 spiro atoms. The number of halogens is 2. The fourth-order valence-corrected chi connectivity index (χ4v) is 4.34. The molecule has 6 heteroatoms. The van der Waals surface area contributed by atoms with Crippen LogP contribution >= 0.6 is 23.2 Å². The standard InChI is InChI=1S/C24H17Cl2N3O/c25-16-12-10-15(11-13-16)23-22-19(18-8-4-5-9-20(18)26)14-21(30)27-24(22)29(28-23)17-6-2-1-3-7-17/h1-13,19H,14H2,(H,27,30). The Hall–Kier alpha value is -3.08. The molecular weight excluding hydrogens is 417 g/mol. The summed E-state index contributed by atoms with van der Waals surface area (Å²) in [6, 6.07) is 25.0. The number of nitrogens with one attached hydrogen (secondary N) is 1. The van der Waals surface area contributed by atoms with E-state index in [-0.39, 0.29) is 11.8 Å². The van der Waals surface area contributed by atoms with Crippen LogP contribution in [0.4, 0.5) is 5.82 Å². The number of aromatic nitrogens is 2. The normalized spacial score (nSPS) is 15.5. The first-order valence-corrected chi connectivity index (χ1v) is 10.4. The predicted molar refractivity (Wildman–Crippen MR) is 121 cm³/mol. The number of nitrogens with zero attached hydrogens (tertiary/aromatic N) is 2. The zero-order chi connectivity index (χ0) is 20.7. The van der Waals surface area contributed by atoms with Gasteiger partial charge in [0.05, 0.1) is 11.4 Å². The third-order valence-electron chi connectivity index (χ3n) is 5.32. The number of para-hydroxylation sites is 1. The van der Waals surface area contributed by atoms with Gasteiger partial charge in [0.25, 0.3) is 0 Å². The number of carbonyl (C=O) groups excluding carboxylic acids is 1. The summed E-state index contributed by atoms with van der Waals surface area (Å²) in [5.74, 6) is 0.407. The Morgan fingerprint density at radius 3 is 2.33 bits per heavy atom. The largest absolute Gasteiger partial charge is 0.310 e. The molecule has 5 rings (SSSR count). The van der Waals surface area contributed by atoms with Crippen LogP contribution in [0.25, 0.3) is 16.9 Å². The Morgan fingerprint density at radius 1 is 0.900 bits per heavy atom. The van der Waals surface area contributed by atoms with Gasteiger partial charge in [-0.3, -0.25) is 4.79 Å². The van der Waals surface area contributed by atoms with Gasteiger partial charge in [0.2, 0.25) is 5.91 Å². The first kappa shape index (κ1) is 18.9. The van der Waals surface area contributed by atoms with Crippen molar-refractivity contribution < 1.29 is 4.79 Å². The Balaban J connectivity index is 1.79. The fraction of sp³-hybridized carbons (Fsp3) is 0.0833. The van der Waals surface area contributed by atoms with E-state index in [0.29, 0.717) is 22.3 Å². The molecule has 2 heterocycles. The molecule has 0 radical (unpaired) electrons. The maximum Gasteiger partial charge on any atom is 0.226 e. The second kappa shape index (κ2) is 7.63. The molecule has 4 nitrogen and oxygen atoms in total. The summed E-state index contributed by atoms with van der Waals surface area (Å²) in [5.41, 5.74) is 4.47. The quantitative estimate of drug-likeness (QED) is 0.410. The lowest BCUT2D eigenvalue weighted by molar-refractivity contribution is -0.116. The van der Waals surface area contributed by atoms with Crippen molar-refractivity contribution in [2.45, 2.75) is 12.3 Å². The van der Waals surface area contributed by atoms with Crippen molar-refractivity contribution in [3.63, 3.8) is 0 Å². The number of benzene rings is 3. The zero-order valence-corrected chi connectivity index (χ0v) is 17.4. The van der Waals surface area contributed by atoms with Gasteiger partial charge in [-0.1, -0.05) is 71.7 Å². The van der Waals surface area contributed by atoms with E-state index in [0.717, 1.165) is 28.1 Å². The van der Waals surface area contributed by atoms with Gasteiger partial charge in [0.1, 0.15) is 5.82 Å². The van der Waals surface area contributed by atoms with E-state index in [9.17, 15) is 4.79 Å². The lowest BCUT2D eigenvalue weighted by Crippen LogP contribution is -2.25. The number of carbonyl (C=O) groups is 1. The molecule has 4 aromatic rings. The first-order chi connectivity index (χ1) is 14.6. The summed E-state index contributed by atoms with van der Waals surface area (Å²) in [6.07, 6.45) is 0.303. The van der Waals surface area contributed by atoms with E-state index in [2.05, 4.69) is 5.32 Å². The average Bonchev–Trinajstić information content (AvgIpc) is 3.14. The molecule has 0 saturated heterocycles. The Bertz CT molecular complexity index is 1230. The highest BCUT2D eigenvalue weighted by Crippen LogP contribution is 2.45. The summed E-state index contributed by atoms with van der Waals surface area (Å²) >= 11 is 12.6. The molecule has 0 aliphatic carbocycles. The molecule has 1 aromatic heterocycles. The van der Waals surface area contributed by atoms with Gasteiger partial charge in [0.15, 0.2) is 0 Å². The summed E-state index contributed by atoms with van der Waals surface area (Å²) in [4.78, 5) is 12.7. The number of amides is 1. The van der Waals surface area contributed by atoms with Crippen LogP contribution in [-0.2, 0) is 4.79 Å². The minimum Gasteiger partial charge on any atom is -0.310 e. The van der Waals surface area contributed by atoms with Gasteiger partial charge in [-0.25, -0.2) is 4.68 Å². The summed E-state index contributed by atoms with van der Waals surface area (Å²) in [5, 5.41) is 9.25. The molecule has 0 saturated carbocycles. The highest BCUT2D eigenvalue weighted by molar-refractivity contribution is 6.31. The molecule has 1 aliphatic rings. The summed E-state index contributed by atoms with van der Waals surface area (Å²) in [7, 11) is 0. The average molecular weight is 434 g/mol. The zero-order valence-electron chi connectivity index (χ0n) is 15.8. The van der Waals surface area contributed by atoms with Crippen LogP contribution in [0.3, 0.4) is 0 Å². The lowest BCUT2D eigenvalue weighted by Gasteiger charge is -2.25. The van der Waals surface area contributed by atoms with Crippen LogP contribution in [0.15, 0.2) is 78.9 Å². The Kier molecular flexibility index (Phi) is 4.81. The fourth-order valence-electron chi connectivity index (χ4n) is 3.95. The summed E-state index contributed by atoms with van der Waals surface area (Å²) < 4.78 is 1.79. The molecule has 1 atom stereocenters. The smallest absolute Gasteiger partial charge is 0.226 e. The van der Waals surface area contributed by atoms with Crippen LogP contribution < -0.4 is 5.32 Å². The van der Waals surface area contributed by atoms with E-state index in [1.165, 1.54) is 0 Å². The van der Waals surface area contributed by atoms with Crippen molar-refractivity contribution in [3.8, 4) is 16.9 Å². The number of anilines is 1. The first-order valence-electron chi connectivity index (χ1n) is 9.60. The van der Waals surface area contributed by atoms with Crippen molar-refractivity contribution in [1.82, 2.24) is 9.78 Å². The third-order valence-corrected chi connectivity index (χ3v) is 5.91. The summed E-state index contributed by atoms with van der Waals surface area (Å²) in [6.45, 7) is 0. The molecular formula is C24H17Cl2N3O. The monoisotopic (exact) mass is 433 g/mol. The Morgan fingerprint density at radius 2 is 1.60 bits per heavy atom. The minimum absolute atomic E-state index is 0.0628. The molecule has 0 bridgehead atoms. The van der Waals surface area contributed by atoms with Crippen LogP contribution in [0.1, 0.15) is 23.5 Å². The lowest BCUT2D eigenvalue weighted by atomic mass is 9.84. The van der Waals surface area contributed by atoms with Gasteiger partial charge in [-0.15, -0.1) is 0 Å². The van der Waals surface area contributed by atoms with Crippen LogP contribution in [-0.4, -0.2) is 15.7 Å². The van der Waals surface area contributed by atoms with Crippen molar-refractivity contribution in [1.29, 1.82) is 0 Å². The van der Waals surface area contributed by atoms with Crippen molar-refractivity contribution in [2.75, 3.05) is 5.32 Å². The SMILES string of the molecule is O=C1CC(c2ccccc2Cl)c2c(-c3ccc(Cl)cc3)nn(-c3ccccc3)c2N1. The minimum atomic E-state index is -0.203. The molecule has 148 valence electrons. The molecule has 30 heavy (non-hydrogen) atoms. The van der Waals surface area contributed by atoms with Crippen LogP contribution in [0.2, 0.25) is 10.0 Å². The van der Waals surface area contributed by atoms with Crippen LogP contribution in [0.5, 0.6) is 0 Å². The van der Waals surface area contributed by atoms with Crippen LogP contribution in [0, 0.1) is 0 Å². The Labute approximate surface area is 184 Å². The van der Waals surface area contributed by atoms with Gasteiger partial charge in [0, 0.05) is 33.5 Å². The second-order valence-corrected chi connectivity index (χ2v) is 8.04. The van der Waals surface area contributed by atoms with Gasteiger partial charge < -0.3 is 5.32 Å². The van der Waals surface area contributed by atoms with Crippen molar-refractivity contribution >= 4 is 34.9 Å². The molecule has 0 fully saturated rings. The van der Waals surface area contributed by atoms with E-state index in [1.807, 2.05) is 78.9 Å². The highest BCUT2D eigenvalue weighted by Gasteiger charge is 2.35. The van der Waals surface area contributed by atoms with Crippen molar-refractivity contribution in [3.05, 3.63) is 100 Å². The number of hydrogen-bond donors (Lipinski definition) is 1. The van der Waals surface area contributed by atoms with Gasteiger partial charge >= 0.3 is 0 Å². The van der Waals surface area contributed by atoms with E-state index < -0.39 is 0 Å². The number of rotatable bonds is 3. The molecule has 3 aromatic carbocycles. The maximum atomic E-state index is 12.7. The van der Waals surface area contributed by atoms with E-state index in [1.54, 1.807) is 4.68 Å². The molecule has 1 unspecified atom stereocenters. The van der Waals surface area contributed by atoms with Gasteiger partial charge in [-0.2, -0.15) is 5.10 Å². The molecule has 1 N–H and O–H groups in total. The number of fused-ring (bicyclic) bond motifs is 1. The predicted octanol–water partition coefficient (Wildman–Crippen LogP) is 6.32. The van der Waals surface area contributed by atoms with E-state index in [4.69, 9.17) is 28.3 Å². The van der Waals surface area contributed by atoms with Gasteiger partial charge in [-0.05, 0) is 35.9 Å². The molecule has 1 aliphatic heterocycles. The highest BCUT2D eigenvalue weighted by atomic mass is 35.5.